The molecule has 0 spiro atoms. The van der Waals surface area contributed by atoms with Gasteiger partial charge in [0.2, 0.25) is 0 Å². The number of amides is 1. The molecule has 2 unspecified atom stereocenters. The zero-order valence-corrected chi connectivity index (χ0v) is 9.99. The first-order chi connectivity index (χ1) is 6.86. The fraction of sp³-hybridized carbons (Fsp3) is 0.909. The molecule has 2 atom stereocenters. The summed E-state index contributed by atoms with van der Waals surface area (Å²) in [7, 11) is 1.70. The Kier molecular flexibility index (Phi) is 3.60. The number of carbonyl (C=O) groups is 1. The SMILES string of the molecule is COC1CCN(C(=O)O)C(C(C)(C)C)C1. The van der Waals surface area contributed by atoms with Crippen molar-refractivity contribution in [1.29, 1.82) is 0 Å². The second kappa shape index (κ2) is 4.39. The molecule has 1 rings (SSSR count). The number of rotatable bonds is 1. The number of likely N-dealkylation sites (tertiary alicyclic amines) is 1. The van der Waals surface area contributed by atoms with E-state index < -0.39 is 6.09 Å². The van der Waals surface area contributed by atoms with Crippen molar-refractivity contribution >= 4 is 6.09 Å². The molecule has 4 heteroatoms. The number of hydrogen-bond donors (Lipinski definition) is 1. The Hall–Kier alpha value is -0.770. The van der Waals surface area contributed by atoms with Crippen molar-refractivity contribution in [2.75, 3.05) is 13.7 Å². The minimum absolute atomic E-state index is 0.0322. The van der Waals surface area contributed by atoms with Crippen LogP contribution in [0.15, 0.2) is 0 Å². The fourth-order valence-electron chi connectivity index (χ4n) is 2.20. The van der Waals surface area contributed by atoms with Gasteiger partial charge >= 0.3 is 6.09 Å². The van der Waals surface area contributed by atoms with E-state index in [2.05, 4.69) is 20.8 Å². The maximum absolute atomic E-state index is 11.1. The van der Waals surface area contributed by atoms with Gasteiger partial charge in [-0.05, 0) is 18.3 Å². The molecule has 15 heavy (non-hydrogen) atoms. The molecular formula is C11H21NO3. The van der Waals surface area contributed by atoms with Crippen LogP contribution in [0.5, 0.6) is 0 Å². The van der Waals surface area contributed by atoms with Crippen LogP contribution in [0.3, 0.4) is 0 Å². The van der Waals surface area contributed by atoms with Gasteiger partial charge < -0.3 is 14.7 Å². The molecule has 1 fully saturated rings. The molecule has 1 amide bonds. The fourth-order valence-corrected chi connectivity index (χ4v) is 2.20. The molecular weight excluding hydrogens is 194 g/mol. The molecule has 0 saturated carbocycles. The second-order valence-electron chi connectivity index (χ2n) is 5.24. The maximum atomic E-state index is 11.1. The summed E-state index contributed by atoms with van der Waals surface area (Å²) in [5, 5.41) is 9.12. The molecule has 1 saturated heterocycles. The quantitative estimate of drug-likeness (QED) is 0.729. The number of piperidine rings is 1. The molecule has 0 bridgehead atoms. The molecule has 1 aliphatic rings. The molecule has 0 aromatic carbocycles. The molecule has 1 aliphatic heterocycles. The third-order valence-electron chi connectivity index (χ3n) is 3.13. The van der Waals surface area contributed by atoms with E-state index in [1.807, 2.05) is 0 Å². The highest BCUT2D eigenvalue weighted by Crippen LogP contribution is 2.32. The Labute approximate surface area is 91.2 Å². The number of nitrogens with zero attached hydrogens (tertiary/aromatic N) is 1. The van der Waals surface area contributed by atoms with E-state index in [1.54, 1.807) is 12.0 Å². The molecule has 0 aromatic rings. The summed E-state index contributed by atoms with van der Waals surface area (Å²) in [5.74, 6) is 0. The minimum atomic E-state index is -0.815. The summed E-state index contributed by atoms with van der Waals surface area (Å²) in [5.41, 5.74) is -0.0322. The van der Waals surface area contributed by atoms with Gasteiger partial charge in [0, 0.05) is 19.7 Å². The molecule has 88 valence electrons. The Morgan fingerprint density at radius 3 is 2.47 bits per heavy atom. The molecule has 1 heterocycles. The maximum Gasteiger partial charge on any atom is 0.407 e. The van der Waals surface area contributed by atoms with Crippen LogP contribution in [-0.4, -0.2) is 41.9 Å². The summed E-state index contributed by atoms with van der Waals surface area (Å²) in [6.45, 7) is 6.80. The van der Waals surface area contributed by atoms with Crippen molar-refractivity contribution in [3.63, 3.8) is 0 Å². The van der Waals surface area contributed by atoms with Crippen LogP contribution in [0.1, 0.15) is 33.6 Å². The van der Waals surface area contributed by atoms with E-state index in [4.69, 9.17) is 9.84 Å². The molecule has 0 radical (unpaired) electrons. The van der Waals surface area contributed by atoms with Gasteiger partial charge in [0.15, 0.2) is 0 Å². The lowest BCUT2D eigenvalue weighted by Crippen LogP contribution is -2.53. The van der Waals surface area contributed by atoms with E-state index in [1.165, 1.54) is 0 Å². The van der Waals surface area contributed by atoms with Gasteiger partial charge in [0.1, 0.15) is 0 Å². The third-order valence-corrected chi connectivity index (χ3v) is 3.13. The van der Waals surface area contributed by atoms with Crippen molar-refractivity contribution in [3.05, 3.63) is 0 Å². The van der Waals surface area contributed by atoms with Crippen molar-refractivity contribution in [3.8, 4) is 0 Å². The Morgan fingerprint density at radius 2 is 2.07 bits per heavy atom. The zero-order chi connectivity index (χ0) is 11.6. The van der Waals surface area contributed by atoms with Gasteiger partial charge in [-0.3, -0.25) is 0 Å². The van der Waals surface area contributed by atoms with E-state index in [-0.39, 0.29) is 17.6 Å². The van der Waals surface area contributed by atoms with Crippen LogP contribution in [0.25, 0.3) is 0 Å². The summed E-state index contributed by atoms with van der Waals surface area (Å²) < 4.78 is 5.33. The van der Waals surface area contributed by atoms with Gasteiger partial charge in [-0.2, -0.15) is 0 Å². The topological polar surface area (TPSA) is 49.8 Å². The van der Waals surface area contributed by atoms with Gasteiger partial charge in [-0.1, -0.05) is 20.8 Å². The van der Waals surface area contributed by atoms with Crippen molar-refractivity contribution in [2.24, 2.45) is 5.41 Å². The van der Waals surface area contributed by atoms with Crippen LogP contribution in [0, 0.1) is 5.41 Å². The van der Waals surface area contributed by atoms with E-state index in [9.17, 15) is 4.79 Å². The average Bonchev–Trinajstić information content (AvgIpc) is 2.15. The summed E-state index contributed by atoms with van der Waals surface area (Å²) in [6.07, 6.45) is 0.983. The third kappa shape index (κ3) is 2.84. The van der Waals surface area contributed by atoms with Crippen LogP contribution < -0.4 is 0 Å². The normalized spacial score (nSPS) is 27.9. The van der Waals surface area contributed by atoms with E-state index in [0.29, 0.717) is 6.54 Å². The first kappa shape index (κ1) is 12.3. The first-order valence-electron chi connectivity index (χ1n) is 5.38. The standard InChI is InChI=1S/C11H21NO3/c1-11(2,3)9-7-8(15-4)5-6-12(9)10(13)14/h8-9H,5-7H2,1-4H3,(H,13,14). The Balaban J connectivity index is 2.78. The lowest BCUT2D eigenvalue weighted by Gasteiger charge is -2.44. The van der Waals surface area contributed by atoms with Crippen LogP contribution in [-0.2, 0) is 4.74 Å². The van der Waals surface area contributed by atoms with Gasteiger partial charge in [0.05, 0.1) is 6.10 Å². The first-order valence-corrected chi connectivity index (χ1v) is 5.38. The van der Waals surface area contributed by atoms with Crippen LogP contribution in [0.2, 0.25) is 0 Å². The smallest absolute Gasteiger partial charge is 0.407 e. The highest BCUT2D eigenvalue weighted by Gasteiger charge is 2.38. The van der Waals surface area contributed by atoms with Crippen LogP contribution in [0.4, 0.5) is 4.79 Å². The molecule has 0 aliphatic carbocycles. The van der Waals surface area contributed by atoms with Gasteiger partial charge in [-0.15, -0.1) is 0 Å². The molecule has 4 nitrogen and oxygen atoms in total. The number of ether oxygens (including phenoxy) is 1. The summed E-state index contributed by atoms with van der Waals surface area (Å²) in [4.78, 5) is 12.6. The van der Waals surface area contributed by atoms with Crippen molar-refractivity contribution in [2.45, 2.75) is 45.8 Å². The zero-order valence-electron chi connectivity index (χ0n) is 9.99. The lowest BCUT2D eigenvalue weighted by molar-refractivity contribution is -0.0155. The summed E-state index contributed by atoms with van der Waals surface area (Å²) in [6, 6.07) is 0.0497. The van der Waals surface area contributed by atoms with Gasteiger partial charge in [-0.25, -0.2) is 4.79 Å². The Bertz CT molecular complexity index is 234. The largest absolute Gasteiger partial charge is 0.465 e. The predicted octanol–water partition coefficient (Wildman–Crippen LogP) is 2.19. The number of hydrogen-bond acceptors (Lipinski definition) is 2. The molecule has 1 N–H and O–H groups in total. The highest BCUT2D eigenvalue weighted by atomic mass is 16.5. The van der Waals surface area contributed by atoms with Crippen LogP contribution >= 0.6 is 0 Å². The Morgan fingerprint density at radius 1 is 1.47 bits per heavy atom. The van der Waals surface area contributed by atoms with Gasteiger partial charge in [0.25, 0.3) is 0 Å². The van der Waals surface area contributed by atoms with E-state index >= 15 is 0 Å². The highest BCUT2D eigenvalue weighted by molar-refractivity contribution is 5.65. The van der Waals surface area contributed by atoms with Crippen molar-refractivity contribution < 1.29 is 14.6 Å². The average molecular weight is 215 g/mol. The second-order valence-corrected chi connectivity index (χ2v) is 5.24. The summed E-state index contributed by atoms with van der Waals surface area (Å²) >= 11 is 0. The lowest BCUT2D eigenvalue weighted by atomic mass is 9.80. The predicted molar refractivity (Wildman–Crippen MR) is 58.0 cm³/mol. The number of methoxy groups -OCH3 is 1. The number of carboxylic acid groups (broad SMARTS) is 1. The minimum Gasteiger partial charge on any atom is -0.465 e. The van der Waals surface area contributed by atoms with Crippen molar-refractivity contribution in [1.82, 2.24) is 4.90 Å². The molecule has 0 aromatic heterocycles. The monoisotopic (exact) mass is 215 g/mol. The van der Waals surface area contributed by atoms with E-state index in [0.717, 1.165) is 12.8 Å².